The van der Waals surface area contributed by atoms with Crippen molar-refractivity contribution < 1.29 is 22.0 Å². The summed E-state index contributed by atoms with van der Waals surface area (Å²) in [6.07, 6.45) is 1.80. The molecule has 1 aliphatic carbocycles. The molecule has 1 aromatic carbocycles. The van der Waals surface area contributed by atoms with Crippen molar-refractivity contribution in [3.8, 4) is 0 Å². The zero-order valence-corrected chi connectivity index (χ0v) is 10.2. The fraction of sp³-hybridized carbons (Fsp3) is 0.455. The van der Waals surface area contributed by atoms with Gasteiger partial charge in [-0.15, -0.1) is 0 Å². The smallest absolute Gasteiger partial charge is 0.200 e. The van der Waals surface area contributed by atoms with Crippen molar-refractivity contribution in [3.63, 3.8) is 0 Å². The van der Waals surface area contributed by atoms with Gasteiger partial charge < -0.3 is 0 Å². The van der Waals surface area contributed by atoms with Crippen LogP contribution in [0, 0.1) is 35.0 Å². The van der Waals surface area contributed by atoms with Gasteiger partial charge in [-0.2, -0.15) is 0 Å². The Morgan fingerprint density at radius 2 is 1.39 bits per heavy atom. The average molecular weight is 283 g/mol. The second-order valence-corrected chi connectivity index (χ2v) is 5.13. The first-order chi connectivity index (χ1) is 8.43. The van der Waals surface area contributed by atoms with Crippen molar-refractivity contribution in [3.05, 3.63) is 29.1 Å². The molecule has 2 unspecified atom stereocenters. The molecule has 1 fully saturated rings. The van der Waals surface area contributed by atoms with Crippen LogP contribution in [0.5, 0.6) is 0 Å². The Balaban J connectivity index is 2.22. The molecule has 0 saturated heterocycles. The Labute approximate surface area is 105 Å². The minimum Gasteiger partial charge on any atom is -0.256 e. The highest BCUT2D eigenvalue weighted by molar-refractivity contribution is 7.97. The molecular formula is C11H10F5NS. The standard InChI is InChI=1S/C11H10F5NS/c1-4-2-3-5(4)17-18-11-9(15)7(13)6(12)8(14)10(11)16/h4-5,17H,2-3H2,1H3. The molecule has 0 bridgehead atoms. The number of benzene rings is 1. The number of halogens is 5. The quantitative estimate of drug-likeness (QED) is 0.392. The summed E-state index contributed by atoms with van der Waals surface area (Å²) in [5.74, 6) is -9.23. The molecule has 1 aromatic rings. The third-order valence-corrected chi connectivity index (χ3v) is 4.08. The summed E-state index contributed by atoms with van der Waals surface area (Å²) in [6.45, 7) is 1.94. The third-order valence-electron chi connectivity index (χ3n) is 3.10. The van der Waals surface area contributed by atoms with E-state index in [-0.39, 0.29) is 6.04 Å². The minimum absolute atomic E-state index is 0.0324. The molecule has 0 spiro atoms. The molecule has 0 heterocycles. The van der Waals surface area contributed by atoms with Crippen LogP contribution in [-0.2, 0) is 0 Å². The van der Waals surface area contributed by atoms with Crippen molar-refractivity contribution in [1.82, 2.24) is 4.72 Å². The predicted octanol–water partition coefficient (Wildman–Crippen LogP) is 3.78. The molecule has 0 radical (unpaired) electrons. The van der Waals surface area contributed by atoms with Gasteiger partial charge in [-0.3, -0.25) is 4.72 Å². The maximum Gasteiger partial charge on any atom is 0.200 e. The van der Waals surface area contributed by atoms with Gasteiger partial charge in [0, 0.05) is 6.04 Å². The molecule has 0 aliphatic heterocycles. The molecule has 18 heavy (non-hydrogen) atoms. The Kier molecular flexibility index (Phi) is 3.82. The summed E-state index contributed by atoms with van der Waals surface area (Å²) in [7, 11) is 0. The van der Waals surface area contributed by atoms with Crippen LogP contribution in [0.2, 0.25) is 0 Å². The largest absolute Gasteiger partial charge is 0.256 e. The van der Waals surface area contributed by atoms with E-state index < -0.39 is 34.0 Å². The van der Waals surface area contributed by atoms with E-state index in [9.17, 15) is 22.0 Å². The first-order valence-electron chi connectivity index (χ1n) is 5.37. The second-order valence-electron chi connectivity index (χ2n) is 4.28. The SMILES string of the molecule is CC1CCC1NSc1c(F)c(F)c(F)c(F)c1F. The molecule has 1 nitrogen and oxygen atoms in total. The van der Waals surface area contributed by atoms with Gasteiger partial charge in [0.1, 0.15) is 4.90 Å². The zero-order valence-electron chi connectivity index (χ0n) is 9.37. The van der Waals surface area contributed by atoms with E-state index in [1.807, 2.05) is 6.92 Å². The monoisotopic (exact) mass is 283 g/mol. The minimum atomic E-state index is -2.13. The Hall–Kier alpha value is -0.820. The van der Waals surface area contributed by atoms with Crippen LogP contribution in [0.4, 0.5) is 22.0 Å². The normalized spacial score (nSPS) is 23.0. The summed E-state index contributed by atoms with van der Waals surface area (Å²) in [5.41, 5.74) is 0. The molecule has 0 amide bonds. The summed E-state index contributed by atoms with van der Waals surface area (Å²) in [6, 6.07) is 0.0324. The van der Waals surface area contributed by atoms with E-state index in [4.69, 9.17) is 0 Å². The van der Waals surface area contributed by atoms with Gasteiger partial charge in [0.2, 0.25) is 5.82 Å². The van der Waals surface area contributed by atoms with Crippen LogP contribution >= 0.6 is 11.9 Å². The van der Waals surface area contributed by atoms with Crippen LogP contribution in [0.25, 0.3) is 0 Å². The van der Waals surface area contributed by atoms with Crippen LogP contribution in [0.3, 0.4) is 0 Å². The number of hydrogen-bond acceptors (Lipinski definition) is 2. The first-order valence-corrected chi connectivity index (χ1v) is 6.19. The Morgan fingerprint density at radius 3 is 1.78 bits per heavy atom. The maximum atomic E-state index is 13.3. The van der Waals surface area contributed by atoms with E-state index in [0.717, 1.165) is 12.8 Å². The Morgan fingerprint density at radius 1 is 0.889 bits per heavy atom. The highest BCUT2D eigenvalue weighted by atomic mass is 32.2. The molecule has 0 aromatic heterocycles. The van der Waals surface area contributed by atoms with Crippen molar-refractivity contribution in [2.45, 2.75) is 30.7 Å². The lowest BCUT2D eigenvalue weighted by molar-refractivity contribution is 0.265. The number of rotatable bonds is 3. The lowest BCUT2D eigenvalue weighted by atomic mass is 9.82. The van der Waals surface area contributed by atoms with Crippen LogP contribution < -0.4 is 4.72 Å². The van der Waals surface area contributed by atoms with Gasteiger partial charge in [0.05, 0.1) is 0 Å². The fourth-order valence-corrected chi connectivity index (χ4v) is 2.63. The lowest BCUT2D eigenvalue weighted by Gasteiger charge is -2.34. The van der Waals surface area contributed by atoms with Gasteiger partial charge >= 0.3 is 0 Å². The van der Waals surface area contributed by atoms with E-state index in [1.165, 1.54) is 0 Å². The summed E-state index contributed by atoms with van der Waals surface area (Å²) in [5, 5.41) is 0. The third kappa shape index (κ3) is 2.21. The lowest BCUT2D eigenvalue weighted by Crippen LogP contribution is -2.38. The van der Waals surface area contributed by atoms with Gasteiger partial charge in [0.25, 0.3) is 0 Å². The summed E-state index contributed by atoms with van der Waals surface area (Å²) < 4.78 is 67.9. The highest BCUT2D eigenvalue weighted by Crippen LogP contribution is 2.33. The van der Waals surface area contributed by atoms with Crippen molar-refractivity contribution >= 4 is 11.9 Å². The van der Waals surface area contributed by atoms with Crippen LogP contribution in [-0.4, -0.2) is 6.04 Å². The van der Waals surface area contributed by atoms with E-state index >= 15 is 0 Å². The van der Waals surface area contributed by atoms with Crippen molar-refractivity contribution in [2.24, 2.45) is 5.92 Å². The maximum absolute atomic E-state index is 13.3. The van der Waals surface area contributed by atoms with Gasteiger partial charge in [0.15, 0.2) is 23.3 Å². The predicted molar refractivity (Wildman–Crippen MR) is 57.4 cm³/mol. The first kappa shape index (κ1) is 13.6. The van der Waals surface area contributed by atoms with E-state index in [1.54, 1.807) is 0 Å². The van der Waals surface area contributed by atoms with Gasteiger partial charge in [-0.1, -0.05) is 6.92 Å². The van der Waals surface area contributed by atoms with E-state index in [0.29, 0.717) is 17.9 Å². The zero-order chi connectivity index (χ0) is 13.4. The summed E-state index contributed by atoms with van der Waals surface area (Å²) in [4.78, 5) is -0.884. The molecule has 2 rings (SSSR count). The Bertz CT molecular complexity index is 450. The molecule has 100 valence electrons. The highest BCUT2D eigenvalue weighted by Gasteiger charge is 2.30. The second kappa shape index (κ2) is 5.05. The molecule has 7 heteroatoms. The van der Waals surface area contributed by atoms with Gasteiger partial charge in [-0.05, 0) is 30.7 Å². The van der Waals surface area contributed by atoms with Crippen molar-refractivity contribution in [1.29, 1.82) is 0 Å². The van der Waals surface area contributed by atoms with Crippen LogP contribution in [0.1, 0.15) is 19.8 Å². The number of nitrogens with one attached hydrogen (secondary N) is 1. The summed E-state index contributed by atoms with van der Waals surface area (Å²) >= 11 is 0.452. The molecule has 1 saturated carbocycles. The average Bonchev–Trinajstić information content (AvgIpc) is 2.36. The number of hydrogen-bond donors (Lipinski definition) is 1. The van der Waals surface area contributed by atoms with E-state index in [2.05, 4.69) is 4.72 Å². The van der Waals surface area contributed by atoms with Crippen LogP contribution in [0.15, 0.2) is 4.90 Å². The molecule has 2 atom stereocenters. The molecule has 1 aliphatic rings. The molecular weight excluding hydrogens is 273 g/mol. The van der Waals surface area contributed by atoms with Crippen molar-refractivity contribution in [2.75, 3.05) is 0 Å². The van der Waals surface area contributed by atoms with Gasteiger partial charge in [-0.25, -0.2) is 22.0 Å². The molecule has 1 N–H and O–H groups in total. The fourth-order valence-electron chi connectivity index (χ4n) is 1.65. The topological polar surface area (TPSA) is 12.0 Å².